The van der Waals surface area contributed by atoms with Crippen LogP contribution < -0.4 is 4.74 Å². The molecule has 0 saturated carbocycles. The van der Waals surface area contributed by atoms with Crippen LogP contribution >= 0.6 is 0 Å². The van der Waals surface area contributed by atoms with Gasteiger partial charge in [-0.1, -0.05) is 18.2 Å². The molecule has 1 unspecified atom stereocenters. The Labute approximate surface area is 134 Å². The van der Waals surface area contributed by atoms with Crippen LogP contribution in [0.5, 0.6) is 5.75 Å². The Morgan fingerprint density at radius 3 is 2.91 bits per heavy atom. The van der Waals surface area contributed by atoms with Crippen molar-refractivity contribution in [3.63, 3.8) is 0 Å². The second-order valence-corrected chi connectivity index (χ2v) is 5.86. The molecular formula is C17H19N3O3. The van der Waals surface area contributed by atoms with Crippen LogP contribution in [0.4, 0.5) is 0 Å². The van der Waals surface area contributed by atoms with E-state index in [1.165, 1.54) is 0 Å². The largest absolute Gasteiger partial charge is 0.487 e. The van der Waals surface area contributed by atoms with Crippen LogP contribution in [0.1, 0.15) is 22.6 Å². The number of hydrogen-bond acceptors (Lipinski definition) is 4. The van der Waals surface area contributed by atoms with E-state index < -0.39 is 0 Å². The Hall–Kier alpha value is -2.34. The number of fused-ring (bicyclic) bond motifs is 1. The van der Waals surface area contributed by atoms with E-state index in [-0.39, 0.29) is 11.9 Å². The van der Waals surface area contributed by atoms with Crippen LogP contribution in [0, 0.1) is 0 Å². The molecule has 1 aromatic heterocycles. The maximum Gasteiger partial charge on any atom is 0.272 e. The van der Waals surface area contributed by atoms with Gasteiger partial charge in [-0.2, -0.15) is 5.10 Å². The Morgan fingerprint density at radius 1 is 1.26 bits per heavy atom. The zero-order valence-electron chi connectivity index (χ0n) is 12.9. The van der Waals surface area contributed by atoms with Gasteiger partial charge in [0.05, 0.1) is 19.2 Å². The van der Waals surface area contributed by atoms with Crippen LogP contribution in [0.3, 0.4) is 0 Å². The number of hydrogen-bond donors (Lipinski definition) is 0. The van der Waals surface area contributed by atoms with Gasteiger partial charge in [0.25, 0.3) is 5.91 Å². The fraction of sp³-hybridized carbons (Fsp3) is 0.412. The number of ether oxygens (including phenoxy) is 2. The molecular weight excluding hydrogens is 294 g/mol. The predicted octanol–water partition coefficient (Wildman–Crippen LogP) is 1.71. The summed E-state index contributed by atoms with van der Waals surface area (Å²) in [7, 11) is 0. The third-order valence-electron chi connectivity index (χ3n) is 4.34. The molecule has 0 radical (unpaired) electrons. The summed E-state index contributed by atoms with van der Waals surface area (Å²) < 4.78 is 12.9. The first-order chi connectivity index (χ1) is 11.3. The molecule has 0 N–H and O–H groups in total. The summed E-state index contributed by atoms with van der Waals surface area (Å²) in [5.41, 5.74) is 1.43. The summed E-state index contributed by atoms with van der Waals surface area (Å²) in [6.07, 6.45) is 0.920. The van der Waals surface area contributed by atoms with E-state index in [0.29, 0.717) is 25.5 Å². The molecule has 0 bridgehead atoms. The Bertz CT molecular complexity index is 692. The monoisotopic (exact) mass is 313 g/mol. The lowest BCUT2D eigenvalue weighted by Crippen LogP contribution is -2.46. The number of benzene rings is 1. The van der Waals surface area contributed by atoms with Gasteiger partial charge in [-0.25, -0.2) is 0 Å². The van der Waals surface area contributed by atoms with Crippen molar-refractivity contribution in [2.24, 2.45) is 0 Å². The summed E-state index contributed by atoms with van der Waals surface area (Å²) in [5.74, 6) is 0.847. The zero-order chi connectivity index (χ0) is 15.6. The molecule has 0 aliphatic carbocycles. The fourth-order valence-corrected chi connectivity index (χ4v) is 3.12. The highest BCUT2D eigenvalue weighted by Crippen LogP contribution is 2.21. The lowest BCUT2D eigenvalue weighted by molar-refractivity contribution is 0.0586. The number of carbonyl (C=O) groups excluding carboxylic acids is 1. The van der Waals surface area contributed by atoms with Gasteiger partial charge in [0, 0.05) is 13.2 Å². The van der Waals surface area contributed by atoms with E-state index in [0.717, 1.165) is 31.0 Å². The highest BCUT2D eigenvalue weighted by Gasteiger charge is 2.33. The molecule has 4 rings (SSSR count). The quantitative estimate of drug-likeness (QED) is 0.862. The van der Waals surface area contributed by atoms with Crippen LogP contribution in [-0.4, -0.2) is 46.4 Å². The minimum Gasteiger partial charge on any atom is -0.487 e. The summed E-state index contributed by atoms with van der Waals surface area (Å²) in [6, 6.07) is 11.7. The summed E-state index contributed by atoms with van der Waals surface area (Å²) in [4.78, 5) is 14.6. The van der Waals surface area contributed by atoms with Crippen molar-refractivity contribution in [1.29, 1.82) is 0 Å². The van der Waals surface area contributed by atoms with Crippen molar-refractivity contribution in [3.8, 4) is 5.75 Å². The highest BCUT2D eigenvalue weighted by atomic mass is 16.5. The number of carbonyl (C=O) groups is 1. The third-order valence-corrected chi connectivity index (χ3v) is 4.34. The molecule has 2 aromatic rings. The average molecular weight is 313 g/mol. The maximum atomic E-state index is 12.7. The predicted molar refractivity (Wildman–Crippen MR) is 83.3 cm³/mol. The Balaban J connectivity index is 1.47. The van der Waals surface area contributed by atoms with Gasteiger partial charge >= 0.3 is 0 Å². The van der Waals surface area contributed by atoms with Crippen molar-refractivity contribution in [1.82, 2.24) is 14.7 Å². The standard InChI is InChI=1S/C17H19N3O3/c21-17-16-10-13(11-23-15-4-2-1-3-5-15)18-20(16)8-7-19(17)14-6-9-22-12-14/h1-5,10,14H,6-9,11-12H2. The second-order valence-electron chi connectivity index (χ2n) is 5.86. The molecule has 3 heterocycles. The first-order valence-electron chi connectivity index (χ1n) is 7.94. The molecule has 1 amide bonds. The summed E-state index contributed by atoms with van der Waals surface area (Å²) in [5, 5.41) is 4.49. The summed E-state index contributed by atoms with van der Waals surface area (Å²) >= 11 is 0. The van der Waals surface area contributed by atoms with Crippen LogP contribution in [-0.2, 0) is 17.9 Å². The fourth-order valence-electron chi connectivity index (χ4n) is 3.12. The Kier molecular flexibility index (Phi) is 3.75. The molecule has 1 aromatic carbocycles. The van der Waals surface area contributed by atoms with Crippen LogP contribution in [0.25, 0.3) is 0 Å². The Morgan fingerprint density at radius 2 is 2.13 bits per heavy atom. The molecule has 1 saturated heterocycles. The second kappa shape index (κ2) is 6.04. The van der Waals surface area contributed by atoms with Crippen molar-refractivity contribution < 1.29 is 14.3 Å². The number of amides is 1. The van der Waals surface area contributed by atoms with Gasteiger partial charge in [-0.3, -0.25) is 9.48 Å². The van der Waals surface area contributed by atoms with Gasteiger partial charge in [0.15, 0.2) is 0 Å². The minimum absolute atomic E-state index is 0.0465. The molecule has 6 nitrogen and oxygen atoms in total. The van der Waals surface area contributed by atoms with Crippen LogP contribution in [0.2, 0.25) is 0 Å². The molecule has 23 heavy (non-hydrogen) atoms. The van der Waals surface area contributed by atoms with E-state index in [9.17, 15) is 4.79 Å². The molecule has 1 fully saturated rings. The number of aromatic nitrogens is 2. The lowest BCUT2D eigenvalue weighted by Gasteiger charge is -2.31. The number of para-hydroxylation sites is 1. The van der Waals surface area contributed by atoms with Gasteiger partial charge < -0.3 is 14.4 Å². The molecule has 2 aliphatic heterocycles. The van der Waals surface area contributed by atoms with E-state index in [1.807, 2.05) is 41.3 Å². The third kappa shape index (κ3) is 2.82. The van der Waals surface area contributed by atoms with Gasteiger partial charge in [-0.15, -0.1) is 0 Å². The minimum atomic E-state index is 0.0465. The van der Waals surface area contributed by atoms with Crippen molar-refractivity contribution in [2.45, 2.75) is 25.6 Å². The first kappa shape index (κ1) is 14.3. The first-order valence-corrected chi connectivity index (χ1v) is 7.94. The molecule has 120 valence electrons. The van der Waals surface area contributed by atoms with Gasteiger partial charge in [-0.05, 0) is 24.6 Å². The molecule has 2 aliphatic rings. The van der Waals surface area contributed by atoms with E-state index in [2.05, 4.69) is 5.10 Å². The number of nitrogens with zero attached hydrogens (tertiary/aromatic N) is 3. The molecule has 0 spiro atoms. The van der Waals surface area contributed by atoms with Gasteiger partial charge in [0.1, 0.15) is 23.7 Å². The molecule has 1 atom stereocenters. The normalized spacial score (nSPS) is 20.6. The topological polar surface area (TPSA) is 56.6 Å². The highest BCUT2D eigenvalue weighted by molar-refractivity contribution is 5.93. The molecule has 6 heteroatoms. The SMILES string of the molecule is O=C1c2cc(COc3ccccc3)nn2CCN1C1CCOC1. The average Bonchev–Trinajstić information content (AvgIpc) is 3.24. The smallest absolute Gasteiger partial charge is 0.272 e. The van der Waals surface area contributed by atoms with Crippen molar-refractivity contribution >= 4 is 5.91 Å². The lowest BCUT2D eigenvalue weighted by atomic mass is 10.1. The summed E-state index contributed by atoms with van der Waals surface area (Å²) in [6.45, 7) is 3.17. The maximum absolute atomic E-state index is 12.7. The van der Waals surface area contributed by atoms with Crippen molar-refractivity contribution in [2.75, 3.05) is 19.8 Å². The van der Waals surface area contributed by atoms with Crippen LogP contribution in [0.15, 0.2) is 36.4 Å². The van der Waals surface area contributed by atoms with Crippen molar-refractivity contribution in [3.05, 3.63) is 47.8 Å². The zero-order valence-corrected chi connectivity index (χ0v) is 12.9. The van der Waals surface area contributed by atoms with E-state index >= 15 is 0 Å². The van der Waals surface area contributed by atoms with E-state index in [1.54, 1.807) is 4.68 Å². The van der Waals surface area contributed by atoms with Gasteiger partial charge in [0.2, 0.25) is 0 Å². The van der Waals surface area contributed by atoms with E-state index in [4.69, 9.17) is 9.47 Å². The number of rotatable bonds is 4.